The predicted octanol–water partition coefficient (Wildman–Crippen LogP) is 1.39. The minimum absolute atomic E-state index is 0.129. The Morgan fingerprint density at radius 3 is 2.53 bits per heavy atom. The summed E-state index contributed by atoms with van der Waals surface area (Å²) in [6.45, 7) is 6.02. The quantitative estimate of drug-likeness (QED) is 0.709. The van der Waals surface area contributed by atoms with Crippen molar-refractivity contribution in [3.8, 4) is 0 Å². The van der Waals surface area contributed by atoms with Gasteiger partial charge >= 0.3 is 0 Å². The van der Waals surface area contributed by atoms with E-state index in [9.17, 15) is 4.79 Å². The molecule has 1 atom stereocenters. The minimum atomic E-state index is -0.129. The maximum Gasteiger partial charge on any atom is 0.229 e. The predicted molar refractivity (Wildman–Crippen MR) is 60.6 cm³/mol. The molecule has 1 N–H and O–H groups in total. The van der Waals surface area contributed by atoms with Crippen LogP contribution in [0, 0.1) is 5.41 Å². The summed E-state index contributed by atoms with van der Waals surface area (Å²) in [6, 6.07) is 0. The molecule has 3 nitrogen and oxygen atoms in total. The number of nitrogens with one attached hydrogen (secondary N) is 1. The average molecular weight is 210 g/mol. The van der Waals surface area contributed by atoms with Gasteiger partial charge in [0, 0.05) is 19.6 Å². The molecule has 1 amide bonds. The molecule has 2 fully saturated rings. The second-order valence-corrected chi connectivity index (χ2v) is 5.19. The van der Waals surface area contributed by atoms with Crippen LogP contribution in [0.2, 0.25) is 0 Å². The van der Waals surface area contributed by atoms with Gasteiger partial charge in [0.1, 0.15) is 0 Å². The summed E-state index contributed by atoms with van der Waals surface area (Å²) in [4.78, 5) is 14.4. The lowest BCUT2D eigenvalue weighted by Crippen LogP contribution is -2.51. The maximum absolute atomic E-state index is 12.4. The van der Waals surface area contributed by atoms with E-state index in [-0.39, 0.29) is 5.41 Å². The number of amides is 1. The Bertz CT molecular complexity index is 228. The molecule has 3 heteroatoms. The third-order valence-electron chi connectivity index (χ3n) is 3.76. The number of rotatable bonds is 1. The number of carbonyl (C=O) groups excluding carboxylic acids is 1. The van der Waals surface area contributed by atoms with Crippen molar-refractivity contribution in [3.05, 3.63) is 0 Å². The van der Waals surface area contributed by atoms with E-state index in [1.165, 1.54) is 19.3 Å². The zero-order valence-corrected chi connectivity index (χ0v) is 9.72. The molecule has 0 aromatic rings. The molecule has 0 aromatic heterocycles. The van der Waals surface area contributed by atoms with Gasteiger partial charge in [-0.1, -0.05) is 0 Å². The Morgan fingerprint density at radius 1 is 1.20 bits per heavy atom. The number of nitrogens with zero attached hydrogens (tertiary/aromatic N) is 1. The van der Waals surface area contributed by atoms with Crippen LogP contribution in [0.4, 0.5) is 0 Å². The van der Waals surface area contributed by atoms with Crippen molar-refractivity contribution >= 4 is 5.91 Å². The van der Waals surface area contributed by atoms with E-state index in [2.05, 4.69) is 17.1 Å². The van der Waals surface area contributed by atoms with E-state index in [4.69, 9.17) is 0 Å². The first-order chi connectivity index (χ1) is 7.22. The number of likely N-dealkylation sites (tertiary alicyclic amines) is 1. The van der Waals surface area contributed by atoms with Gasteiger partial charge in [-0.05, 0) is 45.6 Å². The largest absolute Gasteiger partial charge is 0.342 e. The van der Waals surface area contributed by atoms with Crippen molar-refractivity contribution in [2.24, 2.45) is 5.41 Å². The van der Waals surface area contributed by atoms with Crippen molar-refractivity contribution in [2.45, 2.75) is 39.0 Å². The molecule has 2 rings (SSSR count). The molecule has 15 heavy (non-hydrogen) atoms. The fourth-order valence-corrected chi connectivity index (χ4v) is 2.72. The van der Waals surface area contributed by atoms with Crippen LogP contribution in [0.3, 0.4) is 0 Å². The van der Waals surface area contributed by atoms with Crippen molar-refractivity contribution in [2.75, 3.05) is 26.2 Å². The highest BCUT2D eigenvalue weighted by atomic mass is 16.2. The summed E-state index contributed by atoms with van der Waals surface area (Å²) in [6.07, 6.45) is 5.86. The molecule has 0 spiro atoms. The van der Waals surface area contributed by atoms with Gasteiger partial charge in [-0.25, -0.2) is 0 Å². The van der Waals surface area contributed by atoms with E-state index in [0.29, 0.717) is 5.91 Å². The van der Waals surface area contributed by atoms with Gasteiger partial charge in [0.15, 0.2) is 0 Å². The minimum Gasteiger partial charge on any atom is -0.342 e. The van der Waals surface area contributed by atoms with E-state index in [0.717, 1.165) is 39.0 Å². The van der Waals surface area contributed by atoms with E-state index < -0.39 is 0 Å². The van der Waals surface area contributed by atoms with Crippen LogP contribution in [0.15, 0.2) is 0 Å². The molecule has 86 valence electrons. The molecule has 2 aliphatic heterocycles. The molecule has 2 aliphatic rings. The first-order valence-electron chi connectivity index (χ1n) is 6.22. The van der Waals surface area contributed by atoms with Gasteiger partial charge in [-0.3, -0.25) is 4.79 Å². The summed E-state index contributed by atoms with van der Waals surface area (Å²) < 4.78 is 0. The lowest BCUT2D eigenvalue weighted by molar-refractivity contribution is -0.143. The first-order valence-corrected chi connectivity index (χ1v) is 6.22. The van der Waals surface area contributed by atoms with E-state index in [1.807, 2.05) is 0 Å². The van der Waals surface area contributed by atoms with Gasteiger partial charge < -0.3 is 10.2 Å². The summed E-state index contributed by atoms with van der Waals surface area (Å²) >= 11 is 0. The fraction of sp³-hybridized carbons (Fsp3) is 0.917. The maximum atomic E-state index is 12.4. The van der Waals surface area contributed by atoms with Gasteiger partial charge in [-0.2, -0.15) is 0 Å². The lowest BCUT2D eigenvalue weighted by atomic mass is 9.81. The summed E-state index contributed by atoms with van der Waals surface area (Å²) in [5.74, 6) is 0.384. The Labute approximate surface area is 92.2 Å². The third-order valence-corrected chi connectivity index (χ3v) is 3.76. The normalized spacial score (nSPS) is 32.7. The number of piperidine rings is 2. The van der Waals surface area contributed by atoms with Gasteiger partial charge in [0.2, 0.25) is 5.91 Å². The molecule has 0 aromatic carbocycles. The van der Waals surface area contributed by atoms with Crippen LogP contribution in [0.5, 0.6) is 0 Å². The molecular formula is C12H22N2O. The first kappa shape index (κ1) is 10.9. The number of carbonyl (C=O) groups is 1. The standard InChI is InChI=1S/C12H22N2O/c1-12(6-5-7-13-10-12)11(15)14-8-3-2-4-9-14/h13H,2-10H2,1H3. The molecule has 0 saturated carbocycles. The van der Waals surface area contributed by atoms with Gasteiger partial charge in [0.25, 0.3) is 0 Å². The number of hydrogen-bond donors (Lipinski definition) is 1. The zero-order chi connectivity index (χ0) is 10.7. The molecule has 1 unspecified atom stereocenters. The highest BCUT2D eigenvalue weighted by Gasteiger charge is 2.37. The molecule has 0 radical (unpaired) electrons. The van der Waals surface area contributed by atoms with Crippen LogP contribution in [0.25, 0.3) is 0 Å². The van der Waals surface area contributed by atoms with Gasteiger partial charge in [-0.15, -0.1) is 0 Å². The molecule has 2 saturated heterocycles. The second kappa shape index (κ2) is 4.52. The molecule has 2 heterocycles. The average Bonchev–Trinajstić information content (AvgIpc) is 2.30. The Morgan fingerprint density at radius 2 is 1.93 bits per heavy atom. The Balaban J connectivity index is 1.98. The van der Waals surface area contributed by atoms with Crippen LogP contribution in [-0.2, 0) is 4.79 Å². The monoisotopic (exact) mass is 210 g/mol. The van der Waals surface area contributed by atoms with Crippen LogP contribution < -0.4 is 5.32 Å². The van der Waals surface area contributed by atoms with Crippen LogP contribution in [-0.4, -0.2) is 37.0 Å². The summed E-state index contributed by atoms with van der Waals surface area (Å²) in [7, 11) is 0. The second-order valence-electron chi connectivity index (χ2n) is 5.19. The number of hydrogen-bond acceptors (Lipinski definition) is 2. The SMILES string of the molecule is CC1(C(=O)N2CCCCC2)CCCNC1. The highest BCUT2D eigenvalue weighted by molar-refractivity contribution is 5.82. The molecule has 0 bridgehead atoms. The van der Waals surface area contributed by atoms with Gasteiger partial charge in [0.05, 0.1) is 5.41 Å². The van der Waals surface area contributed by atoms with Crippen molar-refractivity contribution < 1.29 is 4.79 Å². The summed E-state index contributed by atoms with van der Waals surface area (Å²) in [5.41, 5.74) is -0.129. The van der Waals surface area contributed by atoms with Crippen LogP contribution >= 0.6 is 0 Å². The lowest BCUT2D eigenvalue weighted by Gasteiger charge is -2.38. The topological polar surface area (TPSA) is 32.3 Å². The third kappa shape index (κ3) is 2.33. The van der Waals surface area contributed by atoms with Crippen molar-refractivity contribution in [1.82, 2.24) is 10.2 Å². The smallest absolute Gasteiger partial charge is 0.229 e. The zero-order valence-electron chi connectivity index (χ0n) is 9.72. The van der Waals surface area contributed by atoms with Crippen molar-refractivity contribution in [1.29, 1.82) is 0 Å². The molecular weight excluding hydrogens is 188 g/mol. The van der Waals surface area contributed by atoms with Crippen molar-refractivity contribution in [3.63, 3.8) is 0 Å². The highest BCUT2D eigenvalue weighted by Crippen LogP contribution is 2.29. The fourth-order valence-electron chi connectivity index (χ4n) is 2.72. The molecule has 0 aliphatic carbocycles. The Hall–Kier alpha value is -0.570. The Kier molecular flexibility index (Phi) is 3.29. The van der Waals surface area contributed by atoms with E-state index >= 15 is 0 Å². The van der Waals surface area contributed by atoms with Crippen LogP contribution in [0.1, 0.15) is 39.0 Å². The van der Waals surface area contributed by atoms with E-state index in [1.54, 1.807) is 0 Å². The summed E-state index contributed by atoms with van der Waals surface area (Å²) in [5, 5.41) is 3.35.